The van der Waals surface area contributed by atoms with Gasteiger partial charge in [0.2, 0.25) is 5.91 Å². The van der Waals surface area contributed by atoms with Crippen molar-refractivity contribution in [1.29, 1.82) is 0 Å². The van der Waals surface area contributed by atoms with Gasteiger partial charge >= 0.3 is 0 Å². The Kier molecular flexibility index (Phi) is 4.22. The fourth-order valence-corrected chi connectivity index (χ4v) is 1.48. The van der Waals surface area contributed by atoms with Crippen molar-refractivity contribution in [2.24, 2.45) is 5.92 Å². The van der Waals surface area contributed by atoms with Gasteiger partial charge < -0.3 is 10.1 Å². The van der Waals surface area contributed by atoms with E-state index in [9.17, 15) is 4.79 Å². The van der Waals surface area contributed by atoms with E-state index in [1.807, 2.05) is 13.8 Å². The molecule has 0 radical (unpaired) electrons. The molecule has 76 valence electrons. The van der Waals surface area contributed by atoms with Crippen LogP contribution >= 0.6 is 0 Å². The number of hydrogen-bond acceptors (Lipinski definition) is 2. The molecule has 1 heterocycles. The summed E-state index contributed by atoms with van der Waals surface area (Å²) in [6, 6.07) is 0. The first kappa shape index (κ1) is 10.5. The maximum absolute atomic E-state index is 11.2. The number of nitrogens with one attached hydrogen (secondary N) is 1. The molecule has 0 saturated carbocycles. The summed E-state index contributed by atoms with van der Waals surface area (Å²) in [7, 11) is 0. The van der Waals surface area contributed by atoms with Gasteiger partial charge in [0.15, 0.2) is 0 Å². The summed E-state index contributed by atoms with van der Waals surface area (Å²) in [6.07, 6.45) is 3.09. The largest absolute Gasteiger partial charge is 0.376 e. The average molecular weight is 185 g/mol. The van der Waals surface area contributed by atoms with E-state index in [0.29, 0.717) is 18.9 Å². The van der Waals surface area contributed by atoms with Gasteiger partial charge in [0, 0.05) is 19.6 Å². The average Bonchev–Trinajstić information content (AvgIpc) is 2.51. The molecule has 1 aliphatic rings. The minimum absolute atomic E-state index is 0.144. The Morgan fingerprint density at radius 3 is 2.92 bits per heavy atom. The van der Waals surface area contributed by atoms with Crippen molar-refractivity contribution >= 4 is 5.91 Å². The van der Waals surface area contributed by atoms with Gasteiger partial charge in [0.1, 0.15) is 0 Å². The highest BCUT2D eigenvalue weighted by Crippen LogP contribution is 2.10. The van der Waals surface area contributed by atoms with E-state index < -0.39 is 0 Å². The minimum Gasteiger partial charge on any atom is -0.376 e. The maximum Gasteiger partial charge on any atom is 0.220 e. The van der Waals surface area contributed by atoms with Crippen molar-refractivity contribution in [3.8, 4) is 0 Å². The van der Waals surface area contributed by atoms with Gasteiger partial charge in [-0.15, -0.1) is 0 Å². The van der Waals surface area contributed by atoms with Crippen LogP contribution in [0.2, 0.25) is 0 Å². The zero-order valence-electron chi connectivity index (χ0n) is 8.51. The van der Waals surface area contributed by atoms with Crippen molar-refractivity contribution in [3.05, 3.63) is 0 Å². The van der Waals surface area contributed by atoms with Crippen LogP contribution in [0.1, 0.15) is 33.1 Å². The first-order valence-electron chi connectivity index (χ1n) is 5.07. The van der Waals surface area contributed by atoms with Crippen molar-refractivity contribution in [2.75, 3.05) is 13.2 Å². The first-order chi connectivity index (χ1) is 6.18. The topological polar surface area (TPSA) is 38.3 Å². The van der Waals surface area contributed by atoms with Crippen molar-refractivity contribution < 1.29 is 9.53 Å². The molecule has 1 aliphatic heterocycles. The van der Waals surface area contributed by atoms with Crippen LogP contribution in [-0.4, -0.2) is 25.2 Å². The molecule has 0 spiro atoms. The summed E-state index contributed by atoms with van der Waals surface area (Å²) >= 11 is 0. The fourth-order valence-electron chi connectivity index (χ4n) is 1.48. The molecule has 0 aromatic heterocycles. The van der Waals surface area contributed by atoms with Crippen LogP contribution < -0.4 is 5.32 Å². The van der Waals surface area contributed by atoms with Gasteiger partial charge in [-0.3, -0.25) is 4.79 Å². The number of carbonyl (C=O) groups is 1. The third-order valence-electron chi connectivity index (χ3n) is 2.14. The van der Waals surface area contributed by atoms with Gasteiger partial charge in [0.05, 0.1) is 6.10 Å². The van der Waals surface area contributed by atoms with Crippen LogP contribution in [-0.2, 0) is 9.53 Å². The number of amides is 1. The van der Waals surface area contributed by atoms with E-state index >= 15 is 0 Å². The van der Waals surface area contributed by atoms with Crippen LogP contribution in [0.25, 0.3) is 0 Å². The van der Waals surface area contributed by atoms with Gasteiger partial charge in [-0.2, -0.15) is 0 Å². The lowest BCUT2D eigenvalue weighted by molar-refractivity contribution is -0.122. The summed E-state index contributed by atoms with van der Waals surface area (Å²) < 4.78 is 5.39. The first-order valence-corrected chi connectivity index (χ1v) is 5.07. The Balaban J connectivity index is 2.07. The van der Waals surface area contributed by atoms with Gasteiger partial charge in [-0.1, -0.05) is 13.8 Å². The molecule has 0 aromatic rings. The fraction of sp³-hybridized carbons (Fsp3) is 0.900. The quantitative estimate of drug-likeness (QED) is 0.717. The highest BCUT2D eigenvalue weighted by atomic mass is 16.5. The summed E-state index contributed by atoms with van der Waals surface area (Å²) in [6.45, 7) is 5.63. The van der Waals surface area contributed by atoms with Crippen molar-refractivity contribution in [2.45, 2.75) is 39.2 Å². The van der Waals surface area contributed by atoms with Crippen LogP contribution in [0, 0.1) is 5.92 Å². The molecular weight excluding hydrogens is 166 g/mol. The number of rotatable bonds is 4. The zero-order chi connectivity index (χ0) is 9.68. The van der Waals surface area contributed by atoms with Crippen LogP contribution in [0.3, 0.4) is 0 Å². The second kappa shape index (κ2) is 5.22. The summed E-state index contributed by atoms with van der Waals surface area (Å²) in [5.74, 6) is 0.579. The van der Waals surface area contributed by atoms with Crippen LogP contribution in [0.5, 0.6) is 0 Å². The maximum atomic E-state index is 11.2. The summed E-state index contributed by atoms with van der Waals surface area (Å²) in [5.41, 5.74) is 0. The summed E-state index contributed by atoms with van der Waals surface area (Å²) in [5, 5.41) is 2.89. The molecule has 0 aromatic carbocycles. The molecule has 13 heavy (non-hydrogen) atoms. The number of carbonyl (C=O) groups excluding carboxylic acids is 1. The van der Waals surface area contributed by atoms with E-state index in [0.717, 1.165) is 19.4 Å². The zero-order valence-corrected chi connectivity index (χ0v) is 8.51. The van der Waals surface area contributed by atoms with Gasteiger partial charge in [-0.05, 0) is 18.8 Å². The number of ether oxygens (including phenoxy) is 1. The normalized spacial score (nSPS) is 22.2. The second-order valence-electron chi connectivity index (χ2n) is 4.04. The smallest absolute Gasteiger partial charge is 0.220 e. The standard InChI is InChI=1S/C10H19NO2/c1-8(2)6-10(12)11-7-9-4-3-5-13-9/h8-9H,3-7H2,1-2H3,(H,11,12)/t9-/m1/s1. The molecule has 1 rings (SSSR count). The lowest BCUT2D eigenvalue weighted by Crippen LogP contribution is -2.32. The lowest BCUT2D eigenvalue weighted by Gasteiger charge is -2.11. The Bertz CT molecular complexity index is 162. The van der Waals surface area contributed by atoms with Gasteiger partial charge in [0.25, 0.3) is 0 Å². The van der Waals surface area contributed by atoms with E-state index in [-0.39, 0.29) is 12.0 Å². The molecule has 1 N–H and O–H groups in total. The third kappa shape index (κ3) is 4.27. The molecule has 1 atom stereocenters. The third-order valence-corrected chi connectivity index (χ3v) is 2.14. The Labute approximate surface area is 79.8 Å². The summed E-state index contributed by atoms with van der Waals surface area (Å²) in [4.78, 5) is 11.2. The van der Waals surface area contributed by atoms with E-state index in [1.54, 1.807) is 0 Å². The Morgan fingerprint density at radius 1 is 1.62 bits per heavy atom. The molecule has 0 bridgehead atoms. The van der Waals surface area contributed by atoms with Crippen LogP contribution in [0.15, 0.2) is 0 Å². The highest BCUT2D eigenvalue weighted by molar-refractivity contribution is 5.76. The predicted octanol–water partition coefficient (Wildman–Crippen LogP) is 1.33. The molecule has 3 heteroatoms. The van der Waals surface area contributed by atoms with E-state index in [4.69, 9.17) is 4.74 Å². The lowest BCUT2D eigenvalue weighted by atomic mass is 10.1. The molecule has 0 aliphatic carbocycles. The molecule has 1 amide bonds. The number of hydrogen-bond donors (Lipinski definition) is 1. The second-order valence-corrected chi connectivity index (χ2v) is 4.04. The SMILES string of the molecule is CC(C)CC(=O)NC[C@H]1CCCO1. The molecule has 0 unspecified atom stereocenters. The molecular formula is C10H19NO2. The monoisotopic (exact) mass is 185 g/mol. The Hall–Kier alpha value is -0.570. The Morgan fingerprint density at radius 2 is 2.38 bits per heavy atom. The highest BCUT2D eigenvalue weighted by Gasteiger charge is 2.16. The van der Waals surface area contributed by atoms with Crippen molar-refractivity contribution in [1.82, 2.24) is 5.32 Å². The van der Waals surface area contributed by atoms with E-state index in [2.05, 4.69) is 5.32 Å². The van der Waals surface area contributed by atoms with Crippen LogP contribution in [0.4, 0.5) is 0 Å². The minimum atomic E-state index is 0.144. The molecule has 1 fully saturated rings. The molecule has 3 nitrogen and oxygen atoms in total. The van der Waals surface area contributed by atoms with Crippen molar-refractivity contribution in [3.63, 3.8) is 0 Å². The predicted molar refractivity (Wildman–Crippen MR) is 51.4 cm³/mol. The van der Waals surface area contributed by atoms with E-state index in [1.165, 1.54) is 0 Å². The van der Waals surface area contributed by atoms with Gasteiger partial charge in [-0.25, -0.2) is 0 Å². The molecule has 1 saturated heterocycles.